The summed E-state index contributed by atoms with van der Waals surface area (Å²) in [5.74, 6) is 0.402. The lowest BCUT2D eigenvalue weighted by atomic mass is 10.1. The van der Waals surface area contributed by atoms with Crippen LogP contribution in [0.15, 0.2) is 53.5 Å². The topological polar surface area (TPSA) is 57.2 Å². The second-order valence-corrected chi connectivity index (χ2v) is 5.44. The number of ether oxygens (including phenoxy) is 1. The Hall–Kier alpha value is -2.07. The molecule has 118 valence electrons. The lowest BCUT2D eigenvalue weighted by Crippen LogP contribution is -2.31. The van der Waals surface area contributed by atoms with E-state index in [0.29, 0.717) is 18.9 Å². The predicted molar refractivity (Wildman–Crippen MR) is 89.2 cm³/mol. The molecule has 0 bridgehead atoms. The average molecular weight is 300 g/mol. The molecule has 2 rings (SSSR count). The maximum absolute atomic E-state index is 12.3. The Balaban J connectivity index is 1.87. The Morgan fingerprint density at radius 3 is 2.68 bits per heavy atom. The fourth-order valence-electron chi connectivity index (χ4n) is 2.25. The van der Waals surface area contributed by atoms with Crippen molar-refractivity contribution in [1.29, 1.82) is 0 Å². The summed E-state index contributed by atoms with van der Waals surface area (Å²) in [6.07, 6.45) is 4.43. The van der Waals surface area contributed by atoms with Crippen molar-refractivity contribution in [1.82, 2.24) is 4.57 Å². The summed E-state index contributed by atoms with van der Waals surface area (Å²) in [6.45, 7) is 3.07. The summed E-state index contributed by atoms with van der Waals surface area (Å²) in [6, 6.07) is 13.8. The van der Waals surface area contributed by atoms with Crippen LogP contribution >= 0.6 is 0 Å². The van der Waals surface area contributed by atoms with Crippen LogP contribution in [0.3, 0.4) is 0 Å². The third-order valence-corrected chi connectivity index (χ3v) is 3.65. The molecule has 0 saturated heterocycles. The van der Waals surface area contributed by atoms with Crippen LogP contribution in [0.4, 0.5) is 0 Å². The van der Waals surface area contributed by atoms with Gasteiger partial charge in [-0.05, 0) is 37.0 Å². The predicted octanol–water partition coefficient (Wildman–Crippen LogP) is 2.60. The Kier molecular flexibility index (Phi) is 6.22. The molecule has 0 aliphatic rings. The number of hydrogen-bond donors (Lipinski definition) is 1. The van der Waals surface area contributed by atoms with Crippen LogP contribution in [0.5, 0.6) is 5.75 Å². The summed E-state index contributed by atoms with van der Waals surface area (Å²) in [7, 11) is 0. The largest absolute Gasteiger partial charge is 0.488 e. The minimum Gasteiger partial charge on any atom is -0.488 e. The normalized spacial score (nSPS) is 12.1. The molecule has 0 spiro atoms. The first-order chi connectivity index (χ1) is 10.7. The Bertz CT molecular complexity index is 622. The summed E-state index contributed by atoms with van der Waals surface area (Å²) in [5.41, 5.74) is 7.09. The van der Waals surface area contributed by atoms with Crippen LogP contribution in [0, 0.1) is 0 Å². The Labute approximate surface area is 131 Å². The monoisotopic (exact) mass is 300 g/mol. The fourth-order valence-corrected chi connectivity index (χ4v) is 2.25. The number of hydrogen-bond acceptors (Lipinski definition) is 3. The van der Waals surface area contributed by atoms with Crippen molar-refractivity contribution in [2.75, 3.05) is 6.61 Å². The van der Waals surface area contributed by atoms with Crippen LogP contribution in [-0.4, -0.2) is 17.2 Å². The Morgan fingerprint density at radius 1 is 1.18 bits per heavy atom. The lowest BCUT2D eigenvalue weighted by Gasteiger charge is -2.13. The molecular formula is C18H24N2O2. The summed E-state index contributed by atoms with van der Waals surface area (Å²) < 4.78 is 7.27. The van der Waals surface area contributed by atoms with Crippen molar-refractivity contribution in [3.63, 3.8) is 0 Å². The quantitative estimate of drug-likeness (QED) is 0.762. The van der Waals surface area contributed by atoms with Gasteiger partial charge in [-0.2, -0.15) is 0 Å². The van der Waals surface area contributed by atoms with Gasteiger partial charge in [-0.15, -0.1) is 0 Å². The molecule has 0 amide bonds. The third kappa shape index (κ3) is 4.74. The lowest BCUT2D eigenvalue weighted by molar-refractivity contribution is 0.303. The number of rotatable bonds is 8. The van der Waals surface area contributed by atoms with Gasteiger partial charge >= 0.3 is 0 Å². The number of nitrogens with zero attached hydrogens (tertiary/aromatic N) is 1. The fraction of sp³-hybridized carbons (Fsp3) is 0.389. The van der Waals surface area contributed by atoms with Crippen LogP contribution in [-0.2, 0) is 13.0 Å². The van der Waals surface area contributed by atoms with Gasteiger partial charge in [-0.3, -0.25) is 4.79 Å². The van der Waals surface area contributed by atoms with E-state index in [-0.39, 0.29) is 11.6 Å². The van der Waals surface area contributed by atoms with E-state index in [0.717, 1.165) is 19.3 Å². The first-order valence-electron chi connectivity index (χ1n) is 7.82. The van der Waals surface area contributed by atoms with Gasteiger partial charge in [0.05, 0.1) is 6.61 Å². The molecule has 0 saturated carbocycles. The van der Waals surface area contributed by atoms with Gasteiger partial charge in [0.15, 0.2) is 5.75 Å². The number of pyridine rings is 1. The number of aryl methyl sites for hydroxylation is 1. The van der Waals surface area contributed by atoms with Gasteiger partial charge in [0.1, 0.15) is 0 Å². The molecule has 0 radical (unpaired) electrons. The van der Waals surface area contributed by atoms with Crippen LogP contribution in [0.25, 0.3) is 0 Å². The van der Waals surface area contributed by atoms with E-state index in [1.807, 2.05) is 31.2 Å². The zero-order valence-electron chi connectivity index (χ0n) is 13.1. The first-order valence-corrected chi connectivity index (χ1v) is 7.82. The molecule has 1 atom stereocenters. The minimum atomic E-state index is -0.105. The van der Waals surface area contributed by atoms with Crippen molar-refractivity contribution >= 4 is 0 Å². The maximum Gasteiger partial charge on any atom is 0.292 e. The zero-order chi connectivity index (χ0) is 15.8. The van der Waals surface area contributed by atoms with E-state index < -0.39 is 0 Å². The van der Waals surface area contributed by atoms with E-state index in [1.165, 1.54) is 5.56 Å². The number of benzene rings is 1. The molecule has 1 aromatic carbocycles. The molecule has 1 heterocycles. The molecule has 0 aliphatic carbocycles. The van der Waals surface area contributed by atoms with Crippen LogP contribution < -0.4 is 16.0 Å². The molecule has 4 nitrogen and oxygen atoms in total. The van der Waals surface area contributed by atoms with Gasteiger partial charge in [0, 0.05) is 18.8 Å². The number of nitrogens with two attached hydrogens (primary N) is 1. The molecule has 0 fully saturated rings. The van der Waals surface area contributed by atoms with Crippen molar-refractivity contribution < 1.29 is 4.74 Å². The Morgan fingerprint density at radius 2 is 1.95 bits per heavy atom. The van der Waals surface area contributed by atoms with Gasteiger partial charge in [0.2, 0.25) is 0 Å². The summed E-state index contributed by atoms with van der Waals surface area (Å²) in [4.78, 5) is 12.3. The maximum atomic E-state index is 12.3. The molecule has 4 heteroatoms. The van der Waals surface area contributed by atoms with Crippen molar-refractivity contribution in [2.45, 2.75) is 38.8 Å². The highest BCUT2D eigenvalue weighted by atomic mass is 16.5. The highest BCUT2D eigenvalue weighted by molar-refractivity contribution is 5.18. The first kappa shape index (κ1) is 16.3. The second kappa shape index (κ2) is 8.39. The summed E-state index contributed by atoms with van der Waals surface area (Å²) in [5, 5.41) is 0. The van der Waals surface area contributed by atoms with E-state index in [2.05, 4.69) is 12.1 Å². The van der Waals surface area contributed by atoms with Gasteiger partial charge < -0.3 is 15.0 Å². The summed E-state index contributed by atoms with van der Waals surface area (Å²) >= 11 is 0. The highest BCUT2D eigenvalue weighted by Crippen LogP contribution is 2.06. The standard InChI is InChI=1S/C18H24N2O2/c1-2-16(19)14-20-12-6-11-17(18(20)21)22-13-7-10-15-8-4-3-5-9-15/h3-6,8-9,11-12,16H,2,7,10,13-14,19H2,1H3. The second-order valence-electron chi connectivity index (χ2n) is 5.44. The molecule has 2 aromatic rings. The van der Waals surface area contributed by atoms with Crippen molar-refractivity contribution in [2.24, 2.45) is 5.73 Å². The van der Waals surface area contributed by atoms with Gasteiger partial charge in [0.25, 0.3) is 5.56 Å². The van der Waals surface area contributed by atoms with E-state index in [4.69, 9.17) is 10.5 Å². The van der Waals surface area contributed by atoms with E-state index >= 15 is 0 Å². The zero-order valence-corrected chi connectivity index (χ0v) is 13.1. The average Bonchev–Trinajstić information content (AvgIpc) is 2.55. The van der Waals surface area contributed by atoms with Crippen LogP contribution in [0.1, 0.15) is 25.3 Å². The SMILES string of the molecule is CCC(N)Cn1cccc(OCCCc2ccccc2)c1=O. The van der Waals surface area contributed by atoms with E-state index in [1.54, 1.807) is 16.8 Å². The molecule has 22 heavy (non-hydrogen) atoms. The smallest absolute Gasteiger partial charge is 0.292 e. The highest BCUT2D eigenvalue weighted by Gasteiger charge is 2.07. The van der Waals surface area contributed by atoms with Crippen molar-refractivity contribution in [3.05, 3.63) is 64.6 Å². The van der Waals surface area contributed by atoms with Gasteiger partial charge in [-0.25, -0.2) is 0 Å². The molecule has 2 N–H and O–H groups in total. The number of aromatic nitrogens is 1. The van der Waals surface area contributed by atoms with Crippen molar-refractivity contribution in [3.8, 4) is 5.75 Å². The molecule has 1 aromatic heterocycles. The van der Waals surface area contributed by atoms with E-state index in [9.17, 15) is 4.79 Å². The molecule has 1 unspecified atom stereocenters. The minimum absolute atomic E-state index is 0.00830. The van der Waals surface area contributed by atoms with Crippen LogP contribution in [0.2, 0.25) is 0 Å². The third-order valence-electron chi connectivity index (χ3n) is 3.65. The molecule has 0 aliphatic heterocycles. The van der Waals surface area contributed by atoms with Gasteiger partial charge in [-0.1, -0.05) is 37.3 Å². The molecular weight excluding hydrogens is 276 g/mol.